The Morgan fingerprint density at radius 3 is 2.42 bits per heavy atom. The quantitative estimate of drug-likeness (QED) is 0.929. The normalized spacial score (nSPS) is 13.9. The number of nitrogens with two attached hydrogens (primary N) is 1. The van der Waals surface area contributed by atoms with Gasteiger partial charge >= 0.3 is 0 Å². The molecule has 0 aromatic heterocycles. The molecule has 2 aromatic rings. The Balaban J connectivity index is 2.53. The van der Waals surface area contributed by atoms with Crippen molar-refractivity contribution in [3.8, 4) is 5.75 Å². The van der Waals surface area contributed by atoms with Crippen LogP contribution in [0.25, 0.3) is 0 Å². The molecular weight excluding hydrogens is 265 g/mol. The van der Waals surface area contributed by atoms with E-state index < -0.39 is 11.4 Å². The van der Waals surface area contributed by atoms with Gasteiger partial charge in [-0.05, 0) is 24.6 Å². The third-order valence-corrected chi connectivity index (χ3v) is 3.50. The maximum Gasteiger partial charge on any atom is 0.132 e. The maximum atomic E-state index is 14.1. The summed E-state index contributed by atoms with van der Waals surface area (Å²) >= 11 is 6.14. The van der Waals surface area contributed by atoms with Gasteiger partial charge in [0.25, 0.3) is 0 Å². The maximum absolute atomic E-state index is 14.1. The molecule has 0 amide bonds. The van der Waals surface area contributed by atoms with Gasteiger partial charge in [-0.25, -0.2) is 4.39 Å². The SMILES string of the molecule is COc1ccc(C(C)(N)c2ccccc2Cl)c(F)c1. The Hall–Kier alpha value is -1.58. The first-order valence-electron chi connectivity index (χ1n) is 5.84. The monoisotopic (exact) mass is 279 g/mol. The van der Waals surface area contributed by atoms with Crippen molar-refractivity contribution in [3.63, 3.8) is 0 Å². The third-order valence-electron chi connectivity index (χ3n) is 3.17. The zero-order valence-electron chi connectivity index (χ0n) is 10.8. The second-order valence-electron chi connectivity index (χ2n) is 4.53. The molecule has 0 aliphatic heterocycles. The van der Waals surface area contributed by atoms with Crippen LogP contribution < -0.4 is 10.5 Å². The van der Waals surface area contributed by atoms with E-state index in [2.05, 4.69) is 0 Å². The molecule has 0 fully saturated rings. The number of ether oxygens (including phenoxy) is 1. The summed E-state index contributed by atoms with van der Waals surface area (Å²) in [4.78, 5) is 0. The number of rotatable bonds is 3. The molecule has 1 atom stereocenters. The zero-order chi connectivity index (χ0) is 14.0. The molecule has 2 rings (SSSR count). The first-order chi connectivity index (χ1) is 8.96. The molecule has 2 N–H and O–H groups in total. The third kappa shape index (κ3) is 2.57. The molecular formula is C15H15ClFNO. The molecule has 2 aromatic carbocycles. The Morgan fingerprint density at radius 2 is 1.84 bits per heavy atom. The smallest absolute Gasteiger partial charge is 0.132 e. The van der Waals surface area contributed by atoms with Crippen molar-refractivity contribution in [3.05, 3.63) is 64.4 Å². The van der Waals surface area contributed by atoms with Crippen LogP contribution in [0.2, 0.25) is 5.02 Å². The van der Waals surface area contributed by atoms with Crippen LogP contribution in [0.1, 0.15) is 18.1 Å². The Bertz CT molecular complexity index is 598. The Kier molecular flexibility index (Phi) is 3.78. The molecule has 0 aliphatic carbocycles. The number of hydrogen-bond donors (Lipinski definition) is 1. The number of halogens is 2. The standard InChI is InChI=1S/C15H15ClFNO/c1-15(18,11-5-3-4-6-13(11)16)12-8-7-10(19-2)9-14(12)17/h3-9H,18H2,1-2H3. The number of hydrogen-bond acceptors (Lipinski definition) is 2. The summed E-state index contributed by atoms with van der Waals surface area (Å²) in [6.45, 7) is 1.74. The summed E-state index contributed by atoms with van der Waals surface area (Å²) in [6, 6.07) is 11.8. The number of benzene rings is 2. The van der Waals surface area contributed by atoms with Gasteiger partial charge in [-0.15, -0.1) is 0 Å². The van der Waals surface area contributed by atoms with E-state index in [0.717, 1.165) is 0 Å². The minimum absolute atomic E-state index is 0.376. The van der Waals surface area contributed by atoms with Gasteiger partial charge in [-0.3, -0.25) is 0 Å². The second kappa shape index (κ2) is 5.19. The molecule has 0 saturated carbocycles. The van der Waals surface area contributed by atoms with Gasteiger partial charge in [-0.2, -0.15) is 0 Å². The van der Waals surface area contributed by atoms with Crippen LogP contribution in [0.15, 0.2) is 42.5 Å². The van der Waals surface area contributed by atoms with Crippen molar-refractivity contribution in [2.24, 2.45) is 5.73 Å². The van der Waals surface area contributed by atoms with Crippen LogP contribution in [0.4, 0.5) is 4.39 Å². The van der Waals surface area contributed by atoms with E-state index in [4.69, 9.17) is 22.1 Å². The fourth-order valence-corrected chi connectivity index (χ4v) is 2.40. The zero-order valence-corrected chi connectivity index (χ0v) is 11.5. The summed E-state index contributed by atoms with van der Waals surface area (Å²) in [5.74, 6) is 0.0421. The molecule has 0 radical (unpaired) electrons. The lowest BCUT2D eigenvalue weighted by molar-refractivity contribution is 0.409. The van der Waals surface area contributed by atoms with E-state index in [1.165, 1.54) is 13.2 Å². The van der Waals surface area contributed by atoms with Gasteiger partial charge in [0, 0.05) is 16.7 Å². The van der Waals surface area contributed by atoms with Crippen molar-refractivity contribution >= 4 is 11.6 Å². The van der Waals surface area contributed by atoms with E-state index >= 15 is 0 Å². The number of methoxy groups -OCH3 is 1. The van der Waals surface area contributed by atoms with Crippen molar-refractivity contribution in [1.82, 2.24) is 0 Å². The summed E-state index contributed by atoms with van der Waals surface area (Å²) in [5, 5.41) is 0.516. The molecule has 4 heteroatoms. The highest BCUT2D eigenvalue weighted by Crippen LogP contribution is 2.34. The highest BCUT2D eigenvalue weighted by atomic mass is 35.5. The first-order valence-corrected chi connectivity index (χ1v) is 6.22. The average molecular weight is 280 g/mol. The average Bonchev–Trinajstić information content (AvgIpc) is 2.38. The van der Waals surface area contributed by atoms with Crippen LogP contribution in [0.5, 0.6) is 5.75 Å². The van der Waals surface area contributed by atoms with Crippen LogP contribution in [-0.2, 0) is 5.54 Å². The minimum atomic E-state index is -1.01. The lowest BCUT2D eigenvalue weighted by Crippen LogP contribution is -2.35. The molecule has 0 bridgehead atoms. The van der Waals surface area contributed by atoms with Gasteiger partial charge in [0.05, 0.1) is 12.6 Å². The minimum Gasteiger partial charge on any atom is -0.497 e. The van der Waals surface area contributed by atoms with Crippen LogP contribution in [-0.4, -0.2) is 7.11 Å². The summed E-state index contributed by atoms with van der Waals surface area (Å²) in [7, 11) is 1.49. The second-order valence-corrected chi connectivity index (χ2v) is 4.94. The predicted octanol–water partition coefficient (Wildman–Crippen LogP) is 3.71. The molecule has 0 saturated heterocycles. The van der Waals surface area contributed by atoms with E-state index in [9.17, 15) is 4.39 Å². The van der Waals surface area contributed by atoms with Crippen molar-refractivity contribution in [1.29, 1.82) is 0 Å². The Morgan fingerprint density at radius 1 is 1.16 bits per heavy atom. The summed E-state index contributed by atoms with van der Waals surface area (Å²) in [6.07, 6.45) is 0. The summed E-state index contributed by atoms with van der Waals surface area (Å²) in [5.41, 5.74) is 6.34. The van der Waals surface area contributed by atoms with E-state index in [1.807, 2.05) is 12.1 Å². The van der Waals surface area contributed by atoms with Crippen LogP contribution >= 0.6 is 11.6 Å². The lowest BCUT2D eigenvalue weighted by Gasteiger charge is -2.27. The largest absolute Gasteiger partial charge is 0.497 e. The van der Waals surface area contributed by atoms with Gasteiger partial charge in [0.15, 0.2) is 0 Å². The van der Waals surface area contributed by atoms with E-state index in [-0.39, 0.29) is 0 Å². The highest BCUT2D eigenvalue weighted by molar-refractivity contribution is 6.31. The van der Waals surface area contributed by atoms with Gasteiger partial charge in [0.1, 0.15) is 11.6 Å². The van der Waals surface area contributed by atoms with E-state index in [1.54, 1.807) is 31.2 Å². The summed E-state index contributed by atoms with van der Waals surface area (Å²) < 4.78 is 19.1. The predicted molar refractivity (Wildman–Crippen MR) is 75.0 cm³/mol. The first kappa shape index (κ1) is 13.8. The van der Waals surface area contributed by atoms with E-state index in [0.29, 0.717) is 21.9 Å². The molecule has 0 aliphatic rings. The van der Waals surface area contributed by atoms with Crippen molar-refractivity contribution in [2.75, 3.05) is 7.11 Å². The topological polar surface area (TPSA) is 35.2 Å². The van der Waals surface area contributed by atoms with Crippen molar-refractivity contribution < 1.29 is 9.13 Å². The van der Waals surface area contributed by atoms with Gasteiger partial charge in [0.2, 0.25) is 0 Å². The van der Waals surface area contributed by atoms with Gasteiger partial charge in [-0.1, -0.05) is 35.9 Å². The highest BCUT2D eigenvalue weighted by Gasteiger charge is 2.29. The van der Waals surface area contributed by atoms with Crippen molar-refractivity contribution in [2.45, 2.75) is 12.5 Å². The molecule has 2 nitrogen and oxygen atoms in total. The molecule has 0 spiro atoms. The molecule has 19 heavy (non-hydrogen) atoms. The fourth-order valence-electron chi connectivity index (χ4n) is 2.07. The van der Waals surface area contributed by atoms with Crippen LogP contribution in [0.3, 0.4) is 0 Å². The van der Waals surface area contributed by atoms with Crippen LogP contribution in [0, 0.1) is 5.82 Å². The molecule has 100 valence electrons. The fraction of sp³-hybridized carbons (Fsp3) is 0.200. The Labute approximate surface area is 117 Å². The molecule has 0 heterocycles. The van der Waals surface area contributed by atoms with Gasteiger partial charge < -0.3 is 10.5 Å². The molecule has 1 unspecified atom stereocenters. The lowest BCUT2D eigenvalue weighted by atomic mass is 9.85.